The van der Waals surface area contributed by atoms with E-state index in [-0.39, 0.29) is 30.7 Å². The number of piperidine rings is 2. The van der Waals surface area contributed by atoms with Gasteiger partial charge in [-0.1, -0.05) is 6.07 Å². The second-order valence-corrected chi connectivity index (χ2v) is 8.98. The fourth-order valence-electron chi connectivity index (χ4n) is 4.49. The number of benzene rings is 1. The highest BCUT2D eigenvalue weighted by Crippen LogP contribution is 2.46. The monoisotopic (exact) mass is 415 g/mol. The number of aliphatic hydroxyl groups is 1. The van der Waals surface area contributed by atoms with Crippen LogP contribution in [-0.2, 0) is 16.5 Å². The molecule has 29 heavy (non-hydrogen) atoms. The van der Waals surface area contributed by atoms with Gasteiger partial charge in [-0.3, -0.25) is 0 Å². The molecule has 2 atom stereocenters. The van der Waals surface area contributed by atoms with Crippen LogP contribution in [0.5, 0.6) is 5.75 Å². The number of hydrogen-bond acceptors (Lipinski definition) is 4. The maximum Gasteiger partial charge on any atom is 0.419 e. The van der Waals surface area contributed by atoms with Crippen molar-refractivity contribution in [3.05, 3.63) is 29.3 Å². The summed E-state index contributed by atoms with van der Waals surface area (Å²) >= 11 is 0. The van der Waals surface area contributed by atoms with Crippen molar-refractivity contribution in [1.29, 1.82) is 0 Å². The maximum absolute atomic E-state index is 13.2. The first-order valence-corrected chi connectivity index (χ1v) is 9.83. The van der Waals surface area contributed by atoms with Crippen LogP contribution in [-0.4, -0.2) is 40.9 Å². The Morgan fingerprint density at radius 2 is 1.76 bits per heavy atom. The molecular formula is C21H28F3NO4. The molecule has 2 bridgehead atoms. The Morgan fingerprint density at radius 3 is 2.24 bits per heavy atom. The molecule has 162 valence electrons. The zero-order valence-electron chi connectivity index (χ0n) is 17.2. The molecule has 2 unspecified atom stereocenters. The molecule has 8 heteroatoms. The molecule has 3 rings (SSSR count). The second kappa shape index (κ2) is 7.38. The summed E-state index contributed by atoms with van der Waals surface area (Å²) in [4.78, 5) is 14.4. The third-order valence-electron chi connectivity index (χ3n) is 5.66. The second-order valence-electron chi connectivity index (χ2n) is 8.98. The highest BCUT2D eigenvalue weighted by Gasteiger charge is 2.49. The van der Waals surface area contributed by atoms with E-state index in [4.69, 9.17) is 9.47 Å². The number of fused-ring (bicyclic) bond motifs is 2. The fourth-order valence-corrected chi connectivity index (χ4v) is 4.49. The smallest absolute Gasteiger partial charge is 0.419 e. The van der Waals surface area contributed by atoms with Crippen molar-refractivity contribution >= 4 is 6.09 Å². The molecule has 0 aliphatic carbocycles. The average molecular weight is 415 g/mol. The van der Waals surface area contributed by atoms with Crippen LogP contribution in [0.4, 0.5) is 18.0 Å². The molecule has 0 radical (unpaired) electrons. The summed E-state index contributed by atoms with van der Waals surface area (Å²) in [5.74, 6) is -0.317. The van der Waals surface area contributed by atoms with Crippen LogP contribution in [0.15, 0.2) is 18.2 Å². The molecule has 1 aromatic carbocycles. The minimum Gasteiger partial charge on any atom is -0.496 e. The number of ether oxygens (including phenoxy) is 2. The van der Waals surface area contributed by atoms with E-state index in [1.54, 1.807) is 25.7 Å². The van der Waals surface area contributed by atoms with Crippen molar-refractivity contribution in [2.24, 2.45) is 0 Å². The van der Waals surface area contributed by atoms with Crippen molar-refractivity contribution in [1.82, 2.24) is 4.90 Å². The van der Waals surface area contributed by atoms with Gasteiger partial charge in [0.25, 0.3) is 0 Å². The zero-order chi connectivity index (χ0) is 21.6. The lowest BCUT2D eigenvalue weighted by Crippen LogP contribution is -2.59. The Balaban J connectivity index is 1.89. The largest absolute Gasteiger partial charge is 0.496 e. The Labute approximate surface area is 168 Å². The number of rotatable bonds is 2. The predicted octanol–water partition coefficient (Wildman–Crippen LogP) is 4.85. The third-order valence-corrected chi connectivity index (χ3v) is 5.66. The summed E-state index contributed by atoms with van der Waals surface area (Å²) in [7, 11) is 1.18. The van der Waals surface area contributed by atoms with Gasteiger partial charge in [0.1, 0.15) is 11.4 Å². The summed E-state index contributed by atoms with van der Waals surface area (Å²) in [5, 5.41) is 11.4. The van der Waals surface area contributed by atoms with Crippen molar-refractivity contribution in [3.8, 4) is 5.75 Å². The predicted molar refractivity (Wildman–Crippen MR) is 101 cm³/mol. The molecule has 0 spiro atoms. The molecule has 0 aromatic heterocycles. The summed E-state index contributed by atoms with van der Waals surface area (Å²) in [5.41, 5.74) is -2.45. The van der Waals surface area contributed by atoms with Gasteiger partial charge in [0.15, 0.2) is 0 Å². The van der Waals surface area contributed by atoms with Gasteiger partial charge in [0.05, 0.1) is 18.3 Å². The minimum atomic E-state index is -4.54. The van der Waals surface area contributed by atoms with Gasteiger partial charge in [-0.2, -0.15) is 13.2 Å². The molecule has 1 N–H and O–H groups in total. The van der Waals surface area contributed by atoms with Crippen LogP contribution in [0.1, 0.15) is 64.0 Å². The number of nitrogens with zero attached hydrogens (tertiary/aromatic N) is 1. The summed E-state index contributed by atoms with van der Waals surface area (Å²) in [6, 6.07) is 3.07. The molecule has 2 fully saturated rings. The van der Waals surface area contributed by atoms with Gasteiger partial charge in [-0.15, -0.1) is 0 Å². The standard InChI is InChI=1S/C21H28F3NO4/c1-19(2,3)29-18(26)25-14-6-5-7-15(25)12-20(27,11-14)13-8-9-16(21(22,23)24)17(10-13)28-4/h8-10,14-15,27H,5-7,11-12H2,1-4H3. The molecule has 2 aliphatic rings. The SMILES string of the molecule is COc1cc(C2(O)CC3CCCC(C2)N3C(=O)OC(C)(C)C)ccc1C(F)(F)F. The number of carbonyl (C=O) groups excluding carboxylic acids is 1. The first kappa shape index (κ1) is 21.7. The molecule has 2 saturated heterocycles. The number of halogens is 3. The summed E-state index contributed by atoms with van der Waals surface area (Å²) < 4.78 is 50.0. The Kier molecular flexibility index (Phi) is 5.53. The van der Waals surface area contributed by atoms with Crippen molar-refractivity contribution < 1.29 is 32.5 Å². The van der Waals surface area contributed by atoms with E-state index >= 15 is 0 Å². The lowest BCUT2D eigenvalue weighted by Gasteiger charge is -2.52. The Hall–Kier alpha value is -1.96. The number of amides is 1. The van der Waals surface area contributed by atoms with E-state index in [1.807, 2.05) is 0 Å². The molecule has 1 amide bonds. The van der Waals surface area contributed by atoms with Crippen LogP contribution in [0.2, 0.25) is 0 Å². The highest BCUT2D eigenvalue weighted by molar-refractivity contribution is 5.69. The van der Waals surface area contributed by atoms with E-state index in [0.717, 1.165) is 25.3 Å². The van der Waals surface area contributed by atoms with E-state index in [0.29, 0.717) is 5.56 Å². The molecular weight excluding hydrogens is 387 g/mol. The quantitative estimate of drug-likeness (QED) is 0.750. The third kappa shape index (κ3) is 4.47. The zero-order valence-corrected chi connectivity index (χ0v) is 17.2. The van der Waals surface area contributed by atoms with Crippen LogP contribution < -0.4 is 4.74 Å². The van der Waals surface area contributed by atoms with E-state index < -0.39 is 29.0 Å². The molecule has 2 heterocycles. The first-order chi connectivity index (χ1) is 13.3. The maximum atomic E-state index is 13.2. The number of carbonyl (C=O) groups is 1. The van der Waals surface area contributed by atoms with E-state index in [2.05, 4.69) is 0 Å². The molecule has 0 saturated carbocycles. The van der Waals surface area contributed by atoms with Gasteiger partial charge in [0, 0.05) is 24.9 Å². The Morgan fingerprint density at radius 1 is 1.17 bits per heavy atom. The topological polar surface area (TPSA) is 59.0 Å². The number of alkyl halides is 3. The van der Waals surface area contributed by atoms with Crippen LogP contribution in [0.25, 0.3) is 0 Å². The lowest BCUT2D eigenvalue weighted by atomic mass is 9.72. The van der Waals surface area contributed by atoms with Crippen LogP contribution >= 0.6 is 0 Å². The van der Waals surface area contributed by atoms with Crippen molar-refractivity contribution in [2.75, 3.05) is 7.11 Å². The molecule has 1 aromatic rings. The average Bonchev–Trinajstić information content (AvgIpc) is 2.58. The summed E-state index contributed by atoms with van der Waals surface area (Å²) in [6.07, 6.45) is -2.08. The van der Waals surface area contributed by atoms with Gasteiger partial charge >= 0.3 is 12.3 Å². The molecule has 5 nitrogen and oxygen atoms in total. The van der Waals surface area contributed by atoms with Crippen molar-refractivity contribution in [3.63, 3.8) is 0 Å². The highest BCUT2D eigenvalue weighted by atomic mass is 19.4. The fraction of sp³-hybridized carbons (Fsp3) is 0.667. The number of hydrogen-bond donors (Lipinski definition) is 1. The van der Waals surface area contributed by atoms with Gasteiger partial charge in [-0.25, -0.2) is 4.79 Å². The van der Waals surface area contributed by atoms with Crippen LogP contribution in [0, 0.1) is 0 Å². The van der Waals surface area contributed by atoms with Gasteiger partial charge < -0.3 is 19.5 Å². The Bertz CT molecular complexity index is 758. The van der Waals surface area contributed by atoms with E-state index in [1.165, 1.54) is 19.2 Å². The first-order valence-electron chi connectivity index (χ1n) is 9.83. The van der Waals surface area contributed by atoms with Gasteiger partial charge in [-0.05, 0) is 57.7 Å². The number of methoxy groups -OCH3 is 1. The normalized spacial score (nSPS) is 27.5. The molecule has 2 aliphatic heterocycles. The van der Waals surface area contributed by atoms with Crippen LogP contribution in [0.3, 0.4) is 0 Å². The van der Waals surface area contributed by atoms with Gasteiger partial charge in [0.2, 0.25) is 0 Å². The van der Waals surface area contributed by atoms with E-state index in [9.17, 15) is 23.1 Å². The summed E-state index contributed by atoms with van der Waals surface area (Å²) in [6.45, 7) is 5.40. The lowest BCUT2D eigenvalue weighted by molar-refractivity contribution is -0.139. The minimum absolute atomic E-state index is 0.226. The van der Waals surface area contributed by atoms with Crippen molar-refractivity contribution in [2.45, 2.75) is 82.3 Å².